The van der Waals surface area contributed by atoms with Gasteiger partial charge in [-0.05, 0) is 31.9 Å². The average Bonchev–Trinajstić information content (AvgIpc) is 2.78. The van der Waals surface area contributed by atoms with Crippen molar-refractivity contribution < 1.29 is 31.6 Å². The van der Waals surface area contributed by atoms with Crippen molar-refractivity contribution in [2.24, 2.45) is 0 Å². The number of aromatic nitrogens is 4. The van der Waals surface area contributed by atoms with Crippen molar-refractivity contribution in [3.8, 4) is 17.0 Å². The third-order valence-corrected chi connectivity index (χ3v) is 5.78. The summed E-state index contributed by atoms with van der Waals surface area (Å²) in [7, 11) is 1.55. The first-order chi connectivity index (χ1) is 15.0. The van der Waals surface area contributed by atoms with Gasteiger partial charge >= 0.3 is 0 Å². The topological polar surface area (TPSA) is 125 Å². The maximum atomic E-state index is 13.8. The van der Waals surface area contributed by atoms with Crippen molar-refractivity contribution in [2.45, 2.75) is 44.8 Å². The number of aryl methyl sites for hydroxylation is 1. The summed E-state index contributed by atoms with van der Waals surface area (Å²) in [6, 6.07) is 5.13. The Morgan fingerprint density at radius 3 is 2.72 bits per heavy atom. The van der Waals surface area contributed by atoms with Gasteiger partial charge in [-0.1, -0.05) is 12.8 Å². The largest absolute Gasteiger partial charge is 0.481 e. The molecule has 3 heterocycles. The molecule has 3 N–H and O–H groups in total. The van der Waals surface area contributed by atoms with Crippen LogP contribution in [0.3, 0.4) is 0 Å². The SMILES string of the molecule is COc1ccc(-c2cc3c(C)nc(N)nc3n(C3CCCCC3OCCO)c2=O)cn1.[Fe]. The minimum atomic E-state index is -0.213. The third kappa shape index (κ3) is 4.63. The van der Waals surface area contributed by atoms with Crippen LogP contribution in [0.25, 0.3) is 22.2 Å². The number of fused-ring (bicyclic) bond motifs is 1. The standard InChI is InChI=1S/C22H27N5O4.Fe/c1-13-15-11-16(14-7-8-19(30-2)24-12-14)21(29)27(20(15)26-22(23)25-13)17-5-3-4-6-18(17)31-10-9-28;/h7-8,11-12,17-18,28H,3-6,9-10H2,1-2H3,(H2,23,25,26);. The van der Waals surface area contributed by atoms with Gasteiger partial charge in [0.15, 0.2) is 0 Å². The van der Waals surface area contributed by atoms with Crippen molar-refractivity contribution >= 4 is 17.0 Å². The molecule has 4 rings (SSSR count). The molecule has 0 saturated heterocycles. The predicted molar refractivity (Wildman–Crippen MR) is 117 cm³/mol. The fourth-order valence-electron chi connectivity index (χ4n) is 4.32. The number of aliphatic hydroxyl groups is 1. The molecular weight excluding hydrogens is 454 g/mol. The van der Waals surface area contributed by atoms with E-state index in [4.69, 9.17) is 15.2 Å². The van der Waals surface area contributed by atoms with E-state index in [0.29, 0.717) is 28.3 Å². The number of nitrogen functional groups attached to an aromatic ring is 1. The Morgan fingerprint density at radius 1 is 1.25 bits per heavy atom. The van der Waals surface area contributed by atoms with Gasteiger partial charge < -0.3 is 20.3 Å². The van der Waals surface area contributed by atoms with E-state index in [1.54, 1.807) is 30.0 Å². The van der Waals surface area contributed by atoms with Crippen LogP contribution in [-0.4, -0.2) is 51.1 Å². The maximum absolute atomic E-state index is 13.8. The summed E-state index contributed by atoms with van der Waals surface area (Å²) >= 11 is 0. The van der Waals surface area contributed by atoms with Gasteiger partial charge in [0.2, 0.25) is 11.8 Å². The van der Waals surface area contributed by atoms with Crippen LogP contribution < -0.4 is 16.0 Å². The van der Waals surface area contributed by atoms with Crippen LogP contribution in [0.2, 0.25) is 0 Å². The third-order valence-electron chi connectivity index (χ3n) is 5.78. The van der Waals surface area contributed by atoms with E-state index < -0.39 is 0 Å². The monoisotopic (exact) mass is 481 g/mol. The Balaban J connectivity index is 0.00000289. The number of hydrogen-bond acceptors (Lipinski definition) is 8. The molecule has 0 aromatic carbocycles. The summed E-state index contributed by atoms with van der Waals surface area (Å²) in [5.74, 6) is 0.600. The molecule has 10 heteroatoms. The number of pyridine rings is 2. The van der Waals surface area contributed by atoms with Crippen LogP contribution in [0.5, 0.6) is 5.88 Å². The molecular formula is C22H27FeN5O4. The summed E-state index contributed by atoms with van der Waals surface area (Å²) in [6.45, 7) is 2.02. The number of methoxy groups -OCH3 is 1. The molecule has 0 bridgehead atoms. The average molecular weight is 481 g/mol. The van der Waals surface area contributed by atoms with Crippen LogP contribution >= 0.6 is 0 Å². The fraction of sp³-hybridized carbons (Fsp3) is 0.455. The molecule has 1 saturated carbocycles. The number of anilines is 1. The Labute approximate surface area is 196 Å². The summed E-state index contributed by atoms with van der Waals surface area (Å²) in [5.41, 5.74) is 8.15. The van der Waals surface area contributed by atoms with Crippen molar-refractivity contribution in [3.63, 3.8) is 0 Å². The van der Waals surface area contributed by atoms with Crippen LogP contribution in [0.15, 0.2) is 29.2 Å². The van der Waals surface area contributed by atoms with Gasteiger partial charge in [-0.2, -0.15) is 4.98 Å². The van der Waals surface area contributed by atoms with E-state index in [1.807, 2.05) is 13.0 Å². The summed E-state index contributed by atoms with van der Waals surface area (Å²) < 4.78 is 12.8. The first-order valence-corrected chi connectivity index (χ1v) is 10.5. The zero-order valence-electron chi connectivity index (χ0n) is 18.1. The van der Waals surface area contributed by atoms with Crippen molar-refractivity contribution in [3.05, 3.63) is 40.4 Å². The Morgan fingerprint density at radius 2 is 2.03 bits per heavy atom. The minimum absolute atomic E-state index is 0. The molecule has 0 radical (unpaired) electrons. The summed E-state index contributed by atoms with van der Waals surface area (Å²) in [6.07, 6.45) is 5.01. The molecule has 1 fully saturated rings. The molecule has 2 unspecified atom stereocenters. The number of rotatable bonds is 6. The molecule has 1 aliphatic carbocycles. The van der Waals surface area contributed by atoms with Gasteiger partial charge in [0.1, 0.15) is 5.65 Å². The van der Waals surface area contributed by atoms with E-state index >= 15 is 0 Å². The fourth-order valence-corrected chi connectivity index (χ4v) is 4.32. The second-order valence-corrected chi connectivity index (χ2v) is 7.71. The summed E-state index contributed by atoms with van der Waals surface area (Å²) in [4.78, 5) is 26.8. The van der Waals surface area contributed by atoms with Gasteiger partial charge in [0.25, 0.3) is 5.56 Å². The first-order valence-electron chi connectivity index (χ1n) is 10.5. The van der Waals surface area contributed by atoms with Gasteiger partial charge in [0.05, 0.1) is 38.2 Å². The van der Waals surface area contributed by atoms with Crippen LogP contribution in [0, 0.1) is 6.92 Å². The molecule has 3 aromatic rings. The zero-order valence-corrected chi connectivity index (χ0v) is 19.2. The number of hydrogen-bond donors (Lipinski definition) is 2. The Hall–Kier alpha value is -2.52. The van der Waals surface area contributed by atoms with E-state index in [9.17, 15) is 9.90 Å². The number of nitrogens with zero attached hydrogens (tertiary/aromatic N) is 4. The first kappa shape index (κ1) is 24.1. The molecule has 172 valence electrons. The molecule has 3 aromatic heterocycles. The van der Waals surface area contributed by atoms with E-state index in [-0.39, 0.29) is 53.9 Å². The second kappa shape index (κ2) is 10.4. The molecule has 0 amide bonds. The van der Waals surface area contributed by atoms with E-state index in [1.165, 1.54) is 0 Å². The van der Waals surface area contributed by atoms with Gasteiger partial charge in [-0.25, -0.2) is 9.97 Å². The van der Waals surface area contributed by atoms with Gasteiger partial charge in [-0.3, -0.25) is 9.36 Å². The Bertz CT molecular complexity index is 1140. The molecule has 0 aliphatic heterocycles. The molecule has 9 nitrogen and oxygen atoms in total. The van der Waals surface area contributed by atoms with Crippen LogP contribution in [-0.2, 0) is 21.8 Å². The molecule has 32 heavy (non-hydrogen) atoms. The molecule has 1 aliphatic rings. The smallest absolute Gasteiger partial charge is 0.260 e. The molecule has 0 spiro atoms. The number of aliphatic hydroxyl groups excluding tert-OH is 1. The number of ether oxygens (including phenoxy) is 2. The van der Waals surface area contributed by atoms with Crippen molar-refractivity contribution in [1.82, 2.24) is 19.5 Å². The zero-order chi connectivity index (χ0) is 22.0. The van der Waals surface area contributed by atoms with Crippen molar-refractivity contribution in [1.29, 1.82) is 0 Å². The van der Waals surface area contributed by atoms with E-state index in [2.05, 4.69) is 15.0 Å². The second-order valence-electron chi connectivity index (χ2n) is 7.71. The predicted octanol–water partition coefficient (Wildman–Crippen LogP) is 2.24. The Kier molecular flexibility index (Phi) is 7.84. The van der Waals surface area contributed by atoms with Crippen LogP contribution in [0.1, 0.15) is 37.4 Å². The molecule has 2 atom stereocenters. The quantitative estimate of drug-likeness (QED) is 0.514. The van der Waals surface area contributed by atoms with Gasteiger partial charge in [-0.15, -0.1) is 0 Å². The van der Waals surface area contributed by atoms with E-state index in [0.717, 1.165) is 31.1 Å². The van der Waals surface area contributed by atoms with Crippen molar-refractivity contribution in [2.75, 3.05) is 26.1 Å². The number of nitrogens with two attached hydrogens (primary N) is 1. The van der Waals surface area contributed by atoms with Gasteiger partial charge in [0, 0.05) is 45.8 Å². The summed E-state index contributed by atoms with van der Waals surface area (Å²) in [5, 5.41) is 10.00. The minimum Gasteiger partial charge on any atom is -0.481 e. The normalized spacial score (nSPS) is 18.3. The van der Waals surface area contributed by atoms with Crippen LogP contribution in [0.4, 0.5) is 5.95 Å². The maximum Gasteiger partial charge on any atom is 0.260 e.